The predicted octanol–water partition coefficient (Wildman–Crippen LogP) is 1.39. The molecule has 1 amide bonds. The Balaban J connectivity index is 1.57. The molecule has 118 valence electrons. The van der Waals surface area contributed by atoms with E-state index in [0.29, 0.717) is 12.1 Å². The molecule has 3 aromatic rings. The minimum atomic E-state index is -0.195. The molecule has 23 heavy (non-hydrogen) atoms. The third-order valence-corrected chi connectivity index (χ3v) is 3.78. The van der Waals surface area contributed by atoms with Crippen LogP contribution in [0.25, 0.3) is 10.9 Å². The summed E-state index contributed by atoms with van der Waals surface area (Å²) in [7, 11) is 0. The van der Waals surface area contributed by atoms with Crippen molar-refractivity contribution in [2.24, 2.45) is 0 Å². The molecule has 0 bridgehead atoms. The van der Waals surface area contributed by atoms with Gasteiger partial charge in [0.1, 0.15) is 6.54 Å². The summed E-state index contributed by atoms with van der Waals surface area (Å²) in [5.41, 5.74) is 2.59. The average molecular weight is 310 g/mol. The number of benzene rings is 1. The van der Waals surface area contributed by atoms with Crippen molar-refractivity contribution in [3.8, 4) is 0 Å². The molecule has 0 saturated carbocycles. The molecule has 0 fully saturated rings. The number of nitrogens with zero attached hydrogens (tertiary/aromatic N) is 2. The number of H-pyrrole nitrogens is 1. The van der Waals surface area contributed by atoms with Gasteiger partial charge in [0, 0.05) is 35.4 Å². The molecule has 3 rings (SSSR count). The Kier molecular flexibility index (Phi) is 4.23. The molecule has 0 aliphatic heterocycles. The minimum Gasteiger partial charge on any atom is -0.361 e. The first kappa shape index (κ1) is 15.0. The molecule has 0 radical (unpaired) electrons. The van der Waals surface area contributed by atoms with Crippen LogP contribution in [-0.4, -0.2) is 27.0 Å². The second-order valence-corrected chi connectivity index (χ2v) is 5.47. The third kappa shape index (κ3) is 3.31. The number of para-hydroxylation sites is 1. The molecule has 2 aromatic heterocycles. The van der Waals surface area contributed by atoms with Gasteiger partial charge in [0.25, 0.3) is 5.56 Å². The predicted molar refractivity (Wildman–Crippen MR) is 88.2 cm³/mol. The maximum absolute atomic E-state index is 12.0. The van der Waals surface area contributed by atoms with E-state index in [4.69, 9.17) is 0 Å². The second-order valence-electron chi connectivity index (χ2n) is 5.47. The van der Waals surface area contributed by atoms with Gasteiger partial charge in [-0.1, -0.05) is 18.2 Å². The number of hydrogen-bond donors (Lipinski definition) is 2. The van der Waals surface area contributed by atoms with Crippen LogP contribution >= 0.6 is 0 Å². The van der Waals surface area contributed by atoms with E-state index in [0.717, 1.165) is 17.5 Å². The first-order valence-electron chi connectivity index (χ1n) is 7.48. The lowest BCUT2D eigenvalue weighted by atomic mass is 10.1. The highest BCUT2D eigenvalue weighted by Gasteiger charge is 2.07. The van der Waals surface area contributed by atoms with Crippen molar-refractivity contribution < 1.29 is 4.79 Å². The van der Waals surface area contributed by atoms with Gasteiger partial charge < -0.3 is 10.3 Å². The lowest BCUT2D eigenvalue weighted by Crippen LogP contribution is -2.34. The molecular formula is C17H18N4O2. The highest BCUT2D eigenvalue weighted by molar-refractivity contribution is 5.83. The number of aryl methyl sites for hydroxylation is 1. The second kappa shape index (κ2) is 6.48. The Morgan fingerprint density at radius 1 is 1.35 bits per heavy atom. The van der Waals surface area contributed by atoms with E-state index in [1.54, 1.807) is 6.92 Å². The van der Waals surface area contributed by atoms with Gasteiger partial charge in [-0.2, -0.15) is 0 Å². The van der Waals surface area contributed by atoms with Gasteiger partial charge in [0.2, 0.25) is 5.91 Å². The van der Waals surface area contributed by atoms with Crippen LogP contribution in [0.5, 0.6) is 0 Å². The van der Waals surface area contributed by atoms with Crippen molar-refractivity contribution in [1.82, 2.24) is 19.9 Å². The SMILES string of the molecule is Cc1cncn(CC(=O)NCCc2c[nH]c3ccccc23)c1=O. The molecule has 1 aromatic carbocycles. The Bertz CT molecular complexity index is 895. The van der Waals surface area contributed by atoms with Crippen LogP contribution in [0.3, 0.4) is 0 Å². The Hall–Kier alpha value is -2.89. The van der Waals surface area contributed by atoms with E-state index in [-0.39, 0.29) is 18.0 Å². The Morgan fingerprint density at radius 2 is 2.17 bits per heavy atom. The summed E-state index contributed by atoms with van der Waals surface area (Å²) in [5, 5.41) is 4.01. The molecular weight excluding hydrogens is 292 g/mol. The number of rotatable bonds is 5. The zero-order valence-corrected chi connectivity index (χ0v) is 12.9. The number of nitrogens with one attached hydrogen (secondary N) is 2. The van der Waals surface area contributed by atoms with Crippen LogP contribution in [0, 0.1) is 6.92 Å². The number of aromatic nitrogens is 3. The standard InChI is InChI=1S/C17H18N4O2/c1-12-8-18-11-21(17(12)23)10-16(22)19-7-6-13-9-20-15-5-3-2-4-14(13)15/h2-5,8-9,11,20H,6-7,10H2,1H3,(H,19,22). The van der Waals surface area contributed by atoms with Crippen molar-refractivity contribution >= 4 is 16.8 Å². The normalized spacial score (nSPS) is 10.8. The van der Waals surface area contributed by atoms with Crippen LogP contribution in [0.4, 0.5) is 0 Å². The van der Waals surface area contributed by atoms with E-state index >= 15 is 0 Å². The average Bonchev–Trinajstić information content (AvgIpc) is 2.95. The Labute approximate surface area is 133 Å². The monoisotopic (exact) mass is 310 g/mol. The lowest BCUT2D eigenvalue weighted by molar-refractivity contribution is -0.121. The van der Waals surface area contributed by atoms with Crippen molar-refractivity contribution in [1.29, 1.82) is 0 Å². The highest BCUT2D eigenvalue weighted by Crippen LogP contribution is 2.17. The van der Waals surface area contributed by atoms with Crippen LogP contribution in [-0.2, 0) is 17.8 Å². The molecule has 0 aliphatic carbocycles. The molecule has 2 heterocycles. The fraction of sp³-hybridized carbons (Fsp3) is 0.235. The summed E-state index contributed by atoms with van der Waals surface area (Å²) in [6.45, 7) is 2.19. The zero-order chi connectivity index (χ0) is 16.2. The summed E-state index contributed by atoms with van der Waals surface area (Å²) < 4.78 is 1.32. The third-order valence-electron chi connectivity index (χ3n) is 3.78. The van der Waals surface area contributed by atoms with Gasteiger partial charge in [0.15, 0.2) is 0 Å². The number of carbonyl (C=O) groups is 1. The van der Waals surface area contributed by atoms with E-state index in [9.17, 15) is 9.59 Å². The summed E-state index contributed by atoms with van der Waals surface area (Å²) in [4.78, 5) is 31.0. The molecule has 6 nitrogen and oxygen atoms in total. The zero-order valence-electron chi connectivity index (χ0n) is 12.9. The van der Waals surface area contributed by atoms with E-state index in [1.165, 1.54) is 22.5 Å². The fourth-order valence-electron chi connectivity index (χ4n) is 2.56. The van der Waals surface area contributed by atoms with Gasteiger partial charge in [-0.15, -0.1) is 0 Å². The van der Waals surface area contributed by atoms with Crippen molar-refractivity contribution in [3.63, 3.8) is 0 Å². The lowest BCUT2D eigenvalue weighted by Gasteiger charge is -2.07. The highest BCUT2D eigenvalue weighted by atomic mass is 16.2. The van der Waals surface area contributed by atoms with Gasteiger partial charge in [-0.25, -0.2) is 4.98 Å². The molecule has 6 heteroatoms. The number of hydrogen-bond acceptors (Lipinski definition) is 3. The molecule has 0 unspecified atom stereocenters. The van der Waals surface area contributed by atoms with Gasteiger partial charge >= 0.3 is 0 Å². The van der Waals surface area contributed by atoms with Crippen LogP contribution in [0.1, 0.15) is 11.1 Å². The van der Waals surface area contributed by atoms with Crippen LogP contribution in [0.2, 0.25) is 0 Å². The minimum absolute atomic E-state index is 0.0125. The maximum Gasteiger partial charge on any atom is 0.256 e. The molecule has 2 N–H and O–H groups in total. The van der Waals surface area contributed by atoms with E-state index in [2.05, 4.69) is 21.4 Å². The molecule has 0 atom stereocenters. The first-order chi connectivity index (χ1) is 11.1. The van der Waals surface area contributed by atoms with Crippen LogP contribution in [0.15, 0.2) is 47.8 Å². The Morgan fingerprint density at radius 3 is 3.04 bits per heavy atom. The van der Waals surface area contributed by atoms with Crippen molar-refractivity contribution in [2.45, 2.75) is 19.9 Å². The topological polar surface area (TPSA) is 79.8 Å². The summed E-state index contributed by atoms with van der Waals surface area (Å²) in [6.07, 6.45) is 5.57. The summed E-state index contributed by atoms with van der Waals surface area (Å²) >= 11 is 0. The molecule has 0 spiro atoms. The largest absolute Gasteiger partial charge is 0.361 e. The van der Waals surface area contributed by atoms with Gasteiger partial charge in [-0.05, 0) is 25.0 Å². The smallest absolute Gasteiger partial charge is 0.256 e. The maximum atomic E-state index is 12.0. The number of aromatic amines is 1. The molecule has 0 saturated heterocycles. The molecule has 0 aliphatic rings. The van der Waals surface area contributed by atoms with Crippen molar-refractivity contribution in [2.75, 3.05) is 6.54 Å². The quantitative estimate of drug-likeness (QED) is 0.747. The number of fused-ring (bicyclic) bond motifs is 1. The van der Waals surface area contributed by atoms with Gasteiger partial charge in [0.05, 0.1) is 6.33 Å². The summed E-state index contributed by atoms with van der Waals surface area (Å²) in [5.74, 6) is -0.195. The van der Waals surface area contributed by atoms with E-state index in [1.807, 2.05) is 24.4 Å². The number of amides is 1. The van der Waals surface area contributed by atoms with Crippen LogP contribution < -0.4 is 10.9 Å². The summed E-state index contributed by atoms with van der Waals surface area (Å²) in [6, 6.07) is 8.06. The van der Waals surface area contributed by atoms with Crippen molar-refractivity contribution in [3.05, 3.63) is 64.5 Å². The fourth-order valence-corrected chi connectivity index (χ4v) is 2.56. The first-order valence-corrected chi connectivity index (χ1v) is 7.48. The number of carbonyl (C=O) groups excluding carboxylic acids is 1. The van der Waals surface area contributed by atoms with Gasteiger partial charge in [-0.3, -0.25) is 14.2 Å². The van der Waals surface area contributed by atoms with E-state index < -0.39 is 0 Å².